The summed E-state index contributed by atoms with van der Waals surface area (Å²) in [7, 11) is 1.98. The molecule has 0 aliphatic carbocycles. The molecule has 0 atom stereocenters. The Kier molecular flexibility index (Phi) is 3.53. The molecule has 0 radical (unpaired) electrons. The second-order valence-electron chi connectivity index (χ2n) is 3.45. The number of rotatable bonds is 5. The molecule has 0 unspecified atom stereocenters. The quantitative estimate of drug-likeness (QED) is 0.780. The van der Waals surface area contributed by atoms with Crippen LogP contribution in [0.25, 0.3) is 0 Å². The van der Waals surface area contributed by atoms with Gasteiger partial charge in [-0.1, -0.05) is 6.07 Å². The van der Waals surface area contributed by atoms with Crippen LogP contribution in [0.4, 0.5) is 0 Å². The molecule has 2 aromatic heterocycles. The molecule has 0 fully saturated rings. The molecule has 0 aliphatic rings. The first-order chi connectivity index (χ1) is 7.36. The van der Waals surface area contributed by atoms with Crippen LogP contribution in [0, 0.1) is 0 Å². The van der Waals surface area contributed by atoms with E-state index in [2.05, 4.69) is 34.0 Å². The molecule has 2 heterocycles. The Morgan fingerprint density at radius 2 is 2.40 bits per heavy atom. The monoisotopic (exact) mass is 221 g/mol. The summed E-state index contributed by atoms with van der Waals surface area (Å²) in [5.74, 6) is 0. The molecule has 3 nitrogen and oxygen atoms in total. The van der Waals surface area contributed by atoms with Crippen molar-refractivity contribution < 1.29 is 0 Å². The van der Waals surface area contributed by atoms with Crippen LogP contribution < -0.4 is 5.32 Å². The standard InChI is InChI=1S/C11H15N3S/c1-14-10(5-7-13-14)4-6-12-9-11-3-2-8-15-11/h2-3,5,7-8,12H,4,6,9H2,1H3. The first-order valence-corrected chi connectivity index (χ1v) is 5.94. The van der Waals surface area contributed by atoms with Crippen LogP contribution in [-0.2, 0) is 20.0 Å². The lowest BCUT2D eigenvalue weighted by molar-refractivity contribution is 0.646. The molecule has 0 amide bonds. The number of nitrogens with one attached hydrogen (secondary N) is 1. The highest BCUT2D eigenvalue weighted by molar-refractivity contribution is 7.09. The van der Waals surface area contributed by atoms with Gasteiger partial charge in [-0.3, -0.25) is 4.68 Å². The maximum atomic E-state index is 4.14. The maximum Gasteiger partial charge on any atom is 0.0492 e. The summed E-state index contributed by atoms with van der Waals surface area (Å²) in [6, 6.07) is 6.30. The molecule has 2 aromatic rings. The van der Waals surface area contributed by atoms with E-state index in [0.29, 0.717) is 0 Å². The fraction of sp³-hybridized carbons (Fsp3) is 0.364. The average Bonchev–Trinajstić information content (AvgIpc) is 2.85. The van der Waals surface area contributed by atoms with Crippen LogP contribution in [0.2, 0.25) is 0 Å². The predicted octanol–water partition coefficient (Wildman–Crippen LogP) is 1.81. The van der Waals surface area contributed by atoms with E-state index in [-0.39, 0.29) is 0 Å². The zero-order chi connectivity index (χ0) is 10.5. The molecule has 80 valence electrons. The lowest BCUT2D eigenvalue weighted by Gasteiger charge is -2.03. The van der Waals surface area contributed by atoms with Gasteiger partial charge < -0.3 is 5.32 Å². The van der Waals surface area contributed by atoms with Gasteiger partial charge in [0, 0.05) is 43.3 Å². The Morgan fingerprint density at radius 3 is 3.07 bits per heavy atom. The lowest BCUT2D eigenvalue weighted by atomic mass is 10.3. The van der Waals surface area contributed by atoms with E-state index in [9.17, 15) is 0 Å². The molecule has 1 N–H and O–H groups in total. The summed E-state index contributed by atoms with van der Waals surface area (Å²) >= 11 is 1.79. The normalized spacial score (nSPS) is 10.7. The molecule has 4 heteroatoms. The highest BCUT2D eigenvalue weighted by Gasteiger charge is 1.98. The number of thiophene rings is 1. The van der Waals surface area contributed by atoms with Crippen molar-refractivity contribution in [3.05, 3.63) is 40.3 Å². The number of aromatic nitrogens is 2. The average molecular weight is 221 g/mol. The van der Waals surface area contributed by atoms with Crippen molar-refractivity contribution in [2.45, 2.75) is 13.0 Å². The van der Waals surface area contributed by atoms with Gasteiger partial charge in [-0.05, 0) is 17.5 Å². The van der Waals surface area contributed by atoms with Crippen LogP contribution in [0.15, 0.2) is 29.8 Å². The van der Waals surface area contributed by atoms with Crippen molar-refractivity contribution >= 4 is 11.3 Å². The summed E-state index contributed by atoms with van der Waals surface area (Å²) in [6.07, 6.45) is 2.87. The first kappa shape index (κ1) is 10.4. The number of hydrogen-bond donors (Lipinski definition) is 1. The van der Waals surface area contributed by atoms with Gasteiger partial charge in [0.2, 0.25) is 0 Å². The second kappa shape index (κ2) is 5.09. The zero-order valence-electron chi connectivity index (χ0n) is 8.81. The molecule has 2 rings (SSSR count). The number of hydrogen-bond acceptors (Lipinski definition) is 3. The summed E-state index contributed by atoms with van der Waals surface area (Å²) < 4.78 is 1.92. The van der Waals surface area contributed by atoms with E-state index in [1.165, 1.54) is 10.6 Å². The van der Waals surface area contributed by atoms with Crippen molar-refractivity contribution in [3.63, 3.8) is 0 Å². The van der Waals surface area contributed by atoms with Crippen LogP contribution >= 0.6 is 11.3 Å². The first-order valence-electron chi connectivity index (χ1n) is 5.06. The van der Waals surface area contributed by atoms with Crippen LogP contribution in [0.1, 0.15) is 10.6 Å². The fourth-order valence-corrected chi connectivity index (χ4v) is 2.16. The molecule has 0 aromatic carbocycles. The molecular formula is C11H15N3S. The Hall–Kier alpha value is -1.13. The third-order valence-electron chi connectivity index (χ3n) is 2.36. The van der Waals surface area contributed by atoms with Crippen LogP contribution in [0.3, 0.4) is 0 Å². The molecular weight excluding hydrogens is 206 g/mol. The van der Waals surface area contributed by atoms with Gasteiger partial charge in [0.15, 0.2) is 0 Å². The molecule has 0 saturated heterocycles. The topological polar surface area (TPSA) is 29.9 Å². The Morgan fingerprint density at radius 1 is 1.47 bits per heavy atom. The summed E-state index contributed by atoms with van der Waals surface area (Å²) in [5.41, 5.74) is 1.27. The van der Waals surface area contributed by atoms with E-state index >= 15 is 0 Å². The molecule has 0 saturated carbocycles. The fourth-order valence-electron chi connectivity index (χ4n) is 1.49. The second-order valence-corrected chi connectivity index (χ2v) is 4.48. The van der Waals surface area contributed by atoms with Crippen molar-refractivity contribution in [2.75, 3.05) is 6.54 Å². The van der Waals surface area contributed by atoms with Gasteiger partial charge in [0.05, 0.1) is 0 Å². The van der Waals surface area contributed by atoms with Gasteiger partial charge in [0.25, 0.3) is 0 Å². The zero-order valence-corrected chi connectivity index (χ0v) is 9.63. The molecule has 0 spiro atoms. The minimum absolute atomic E-state index is 0.968. The van der Waals surface area contributed by atoms with Crippen molar-refractivity contribution in [2.24, 2.45) is 7.05 Å². The Balaban J connectivity index is 1.70. The van der Waals surface area contributed by atoms with Crippen molar-refractivity contribution in [1.29, 1.82) is 0 Å². The van der Waals surface area contributed by atoms with Crippen molar-refractivity contribution in [3.8, 4) is 0 Å². The van der Waals surface area contributed by atoms with E-state index < -0.39 is 0 Å². The maximum absolute atomic E-state index is 4.14. The highest BCUT2D eigenvalue weighted by Crippen LogP contribution is 2.07. The van der Waals surface area contributed by atoms with Gasteiger partial charge >= 0.3 is 0 Å². The van der Waals surface area contributed by atoms with E-state index in [0.717, 1.165) is 19.5 Å². The highest BCUT2D eigenvalue weighted by atomic mass is 32.1. The van der Waals surface area contributed by atoms with Gasteiger partial charge in [-0.15, -0.1) is 11.3 Å². The number of aryl methyl sites for hydroxylation is 1. The lowest BCUT2D eigenvalue weighted by Crippen LogP contribution is -2.17. The summed E-state index contributed by atoms with van der Waals surface area (Å²) in [4.78, 5) is 1.39. The van der Waals surface area contributed by atoms with Gasteiger partial charge in [0.1, 0.15) is 0 Å². The Bertz CT molecular complexity index is 392. The largest absolute Gasteiger partial charge is 0.311 e. The SMILES string of the molecule is Cn1nccc1CCNCc1cccs1. The van der Waals surface area contributed by atoms with E-state index in [1.807, 2.05) is 17.9 Å². The molecule has 0 aliphatic heterocycles. The third-order valence-corrected chi connectivity index (χ3v) is 3.24. The van der Waals surface area contributed by atoms with Gasteiger partial charge in [-0.25, -0.2) is 0 Å². The predicted molar refractivity (Wildman–Crippen MR) is 62.9 cm³/mol. The minimum atomic E-state index is 0.968. The van der Waals surface area contributed by atoms with Crippen molar-refractivity contribution in [1.82, 2.24) is 15.1 Å². The molecule has 0 bridgehead atoms. The summed E-state index contributed by atoms with van der Waals surface area (Å²) in [5, 5.41) is 9.67. The Labute approximate surface area is 93.7 Å². The minimum Gasteiger partial charge on any atom is -0.311 e. The van der Waals surface area contributed by atoms with Crippen LogP contribution in [-0.4, -0.2) is 16.3 Å². The molecule has 15 heavy (non-hydrogen) atoms. The van der Waals surface area contributed by atoms with Crippen LogP contribution in [0.5, 0.6) is 0 Å². The third kappa shape index (κ3) is 2.91. The summed E-state index contributed by atoms with van der Waals surface area (Å²) in [6.45, 7) is 1.97. The van der Waals surface area contributed by atoms with E-state index in [4.69, 9.17) is 0 Å². The van der Waals surface area contributed by atoms with Gasteiger partial charge in [-0.2, -0.15) is 5.10 Å². The number of nitrogens with zero attached hydrogens (tertiary/aromatic N) is 2. The smallest absolute Gasteiger partial charge is 0.0492 e. The van der Waals surface area contributed by atoms with E-state index in [1.54, 1.807) is 11.3 Å².